The third-order valence-electron chi connectivity index (χ3n) is 15.5. The van der Waals surface area contributed by atoms with Gasteiger partial charge in [0.05, 0.1) is 27.9 Å². The van der Waals surface area contributed by atoms with Crippen molar-refractivity contribution in [1.82, 2.24) is 50.2 Å². The molecule has 0 aromatic carbocycles. The average Bonchev–Trinajstić information content (AvgIpc) is 3.73. The highest BCUT2D eigenvalue weighted by atomic mass is 35.5. The number of nitrogens with two attached hydrogens (primary N) is 1. The van der Waals surface area contributed by atoms with Gasteiger partial charge >= 0.3 is 5.97 Å². The van der Waals surface area contributed by atoms with E-state index >= 15 is 0 Å². The van der Waals surface area contributed by atoms with Crippen molar-refractivity contribution in [2.24, 2.45) is 5.73 Å². The highest BCUT2D eigenvalue weighted by Crippen LogP contribution is 2.42. The van der Waals surface area contributed by atoms with E-state index in [1.807, 2.05) is 83.2 Å². The third-order valence-corrected chi connectivity index (χ3v) is 16.1. The molecular formula is C60H79Cl2N15O4. The summed E-state index contributed by atoms with van der Waals surface area (Å²) in [6, 6.07) is 14.4. The summed E-state index contributed by atoms with van der Waals surface area (Å²) in [5.74, 6) is 2.65. The van der Waals surface area contributed by atoms with Crippen LogP contribution in [0.4, 0.5) is 23.3 Å². The average molecular weight is 1150 g/mol. The molecule has 0 saturated heterocycles. The van der Waals surface area contributed by atoms with E-state index in [4.69, 9.17) is 34.0 Å². The number of fused-ring (bicyclic) bond motifs is 1. The van der Waals surface area contributed by atoms with Crippen LogP contribution in [0.2, 0.25) is 10.3 Å². The molecule has 3 saturated carbocycles. The normalized spacial score (nSPS) is 21.2. The van der Waals surface area contributed by atoms with Crippen LogP contribution >= 0.6 is 23.2 Å². The van der Waals surface area contributed by atoms with Crippen LogP contribution in [0.1, 0.15) is 152 Å². The molecular weight excluding hydrogens is 1070 g/mol. The lowest BCUT2D eigenvalue weighted by atomic mass is 9.86. The number of carboxylic acid groups (broad SMARTS) is 1. The predicted octanol–water partition coefficient (Wildman–Crippen LogP) is 10.4. The quantitative estimate of drug-likeness (QED) is 0.0665. The summed E-state index contributed by atoms with van der Waals surface area (Å²) in [7, 11) is 0. The molecule has 81 heavy (non-hydrogen) atoms. The van der Waals surface area contributed by atoms with Gasteiger partial charge in [-0.3, -0.25) is 34.2 Å². The second-order valence-corrected chi connectivity index (χ2v) is 23.9. The Morgan fingerprint density at radius 3 is 1.36 bits per heavy atom. The Balaban J connectivity index is 0.000000163. The predicted molar refractivity (Wildman–Crippen MR) is 319 cm³/mol. The number of anilines is 4. The number of nitrogens with zero attached hydrogens (tertiary/aromatic N) is 10. The Morgan fingerprint density at radius 2 is 0.938 bits per heavy atom. The monoisotopic (exact) mass is 1140 g/mol. The summed E-state index contributed by atoms with van der Waals surface area (Å²) in [6.45, 7) is 16.7. The number of amides is 2. The Hall–Kier alpha value is -6.96. The molecule has 0 atom stereocenters. The van der Waals surface area contributed by atoms with E-state index < -0.39 is 22.2 Å². The summed E-state index contributed by atoms with van der Waals surface area (Å²) in [4.78, 5) is 76.7. The van der Waals surface area contributed by atoms with Crippen LogP contribution in [-0.2, 0) is 30.6 Å². The second kappa shape index (κ2) is 27.7. The Kier molecular flexibility index (Phi) is 21.1. The Morgan fingerprint density at radius 1 is 0.556 bits per heavy atom. The van der Waals surface area contributed by atoms with Crippen LogP contribution < -0.4 is 31.9 Å². The number of aryl methyl sites for hydroxylation is 3. The number of carbonyl (C=O) groups is 3. The standard InChI is InChI=1S/C20H26ClN5O.C20H25N5O.C12H19N3.C8H9ClN2O2/c1-13-4-9-16(24-12-13)25-14-5-7-15(8-6-14)26-19(27)20(2,3)17-18(21)23-11-10-22-17;1-13-4-9-16(23-12-13)24-14-5-7-15(8-6-14)25-18-17(21-10-11-22-18)20(2,3)19(25)26;1-9-2-7-12(14-8-9)15-11-5-3-10(13)4-6-11;1-8(2,7(12)13)5-6(9)11-4-3-10-5/h4,9-12,14-15H,5-8H2,1-3H3,(H,24,25)(H,26,27);4,9-12,14-15H,5-8H2,1-3H3,(H,23,24);2,7-8,10-11H,3-6,13H2,1H3,(H,14,15);3-4H,1-2H3,(H,12,13). The largest absolute Gasteiger partial charge is 0.481 e. The van der Waals surface area contributed by atoms with Crippen LogP contribution in [-0.4, -0.2) is 104 Å². The van der Waals surface area contributed by atoms with Crippen molar-refractivity contribution in [3.8, 4) is 0 Å². The number of pyridine rings is 3. The highest BCUT2D eigenvalue weighted by molar-refractivity contribution is 6.30. The van der Waals surface area contributed by atoms with Gasteiger partial charge in [-0.1, -0.05) is 41.4 Å². The van der Waals surface area contributed by atoms with E-state index in [1.54, 1.807) is 18.6 Å². The van der Waals surface area contributed by atoms with Gasteiger partial charge in [0.1, 0.15) is 22.9 Å². The number of aromatic nitrogens is 9. The van der Waals surface area contributed by atoms with E-state index in [-0.39, 0.29) is 39.9 Å². The maximum Gasteiger partial charge on any atom is 0.315 e. The molecule has 4 aliphatic rings. The molecule has 2 amide bonds. The maximum atomic E-state index is 13.0. The zero-order valence-electron chi connectivity index (χ0n) is 48.1. The molecule has 432 valence electrons. The molecule has 1 aliphatic heterocycles. The minimum Gasteiger partial charge on any atom is -0.481 e. The fourth-order valence-electron chi connectivity index (χ4n) is 10.3. The first-order valence-electron chi connectivity index (χ1n) is 28.0. The second-order valence-electron chi connectivity index (χ2n) is 23.2. The first kappa shape index (κ1) is 61.7. The molecule has 0 unspecified atom stereocenters. The Bertz CT molecular complexity index is 3020. The number of aliphatic carboxylic acids is 1. The van der Waals surface area contributed by atoms with Gasteiger partial charge in [-0.25, -0.2) is 29.9 Å². The topological polar surface area (TPSA) is 265 Å². The van der Waals surface area contributed by atoms with Crippen LogP contribution in [0.15, 0.2) is 92.2 Å². The van der Waals surface area contributed by atoms with Gasteiger partial charge in [-0.2, -0.15) is 0 Å². The van der Waals surface area contributed by atoms with Crippen LogP contribution in [0.3, 0.4) is 0 Å². The number of hydrogen-bond acceptors (Lipinski definition) is 16. The van der Waals surface area contributed by atoms with Crippen LogP contribution in [0.5, 0.6) is 0 Å². The molecule has 0 spiro atoms. The zero-order chi connectivity index (χ0) is 58.5. The summed E-state index contributed by atoms with van der Waals surface area (Å²) in [5.41, 5.74) is 8.44. The van der Waals surface area contributed by atoms with Crippen molar-refractivity contribution < 1.29 is 19.5 Å². The molecule has 0 radical (unpaired) electrons. The highest BCUT2D eigenvalue weighted by Gasteiger charge is 2.49. The van der Waals surface area contributed by atoms with Crippen LogP contribution in [0, 0.1) is 20.8 Å². The molecule has 3 aliphatic carbocycles. The van der Waals surface area contributed by atoms with Gasteiger partial charge in [0.25, 0.3) is 0 Å². The van der Waals surface area contributed by atoms with Gasteiger partial charge < -0.3 is 32.1 Å². The molecule has 10 rings (SSSR count). The number of rotatable bonds is 12. The molecule has 0 bridgehead atoms. The van der Waals surface area contributed by atoms with Crippen LogP contribution in [0.25, 0.3) is 0 Å². The van der Waals surface area contributed by atoms with Gasteiger partial charge in [-0.15, -0.1) is 0 Å². The van der Waals surface area contributed by atoms with Crippen molar-refractivity contribution in [1.29, 1.82) is 0 Å². The SMILES string of the molecule is CC(C)(C(=O)O)c1nccnc1Cl.Cc1ccc(NC2CCC(N)CC2)nc1.Cc1ccc(NC2CCC(N3C(=O)C(C)(C)c4nccnc43)CC2)nc1.Cc1ccc(NC2CCC(NC(=O)C(C)(C)c3nccnc3Cl)CC2)nc1. The summed E-state index contributed by atoms with van der Waals surface area (Å²) >= 11 is 11.8. The smallest absolute Gasteiger partial charge is 0.315 e. The first-order valence-corrected chi connectivity index (χ1v) is 28.7. The molecule has 21 heteroatoms. The Labute approximate surface area is 486 Å². The fourth-order valence-corrected chi connectivity index (χ4v) is 10.9. The van der Waals surface area contributed by atoms with Crippen molar-refractivity contribution in [2.45, 2.75) is 192 Å². The van der Waals surface area contributed by atoms with Gasteiger partial charge in [0.15, 0.2) is 16.1 Å². The first-order chi connectivity index (χ1) is 38.5. The van der Waals surface area contributed by atoms with Crippen molar-refractivity contribution >= 4 is 64.3 Å². The number of carboxylic acids is 1. The van der Waals surface area contributed by atoms with E-state index in [9.17, 15) is 14.4 Å². The van der Waals surface area contributed by atoms with E-state index in [0.29, 0.717) is 29.9 Å². The van der Waals surface area contributed by atoms with Crippen molar-refractivity contribution in [3.63, 3.8) is 0 Å². The number of hydrogen-bond donors (Lipinski definition) is 6. The minimum absolute atomic E-state index is 0.0680. The van der Waals surface area contributed by atoms with Gasteiger partial charge in [0, 0.05) is 92.0 Å². The fraction of sp³-hybridized carbons (Fsp3) is 0.500. The molecule has 6 aromatic rings. The van der Waals surface area contributed by atoms with E-state index in [1.165, 1.54) is 38.0 Å². The lowest BCUT2D eigenvalue weighted by molar-refractivity contribution is -0.142. The number of halogens is 2. The van der Waals surface area contributed by atoms with E-state index in [2.05, 4.69) is 91.2 Å². The molecule has 6 aromatic heterocycles. The van der Waals surface area contributed by atoms with E-state index in [0.717, 1.165) is 117 Å². The van der Waals surface area contributed by atoms with Gasteiger partial charge in [-0.05, 0) is 174 Å². The lowest BCUT2D eigenvalue weighted by Crippen LogP contribution is -2.47. The number of carbonyl (C=O) groups excluding carboxylic acids is 2. The molecule has 7 heterocycles. The molecule has 19 nitrogen and oxygen atoms in total. The summed E-state index contributed by atoms with van der Waals surface area (Å²) < 4.78 is 0. The minimum atomic E-state index is -1.11. The van der Waals surface area contributed by atoms with Crippen molar-refractivity contribution in [2.75, 3.05) is 20.9 Å². The maximum absolute atomic E-state index is 13.0. The van der Waals surface area contributed by atoms with Crippen molar-refractivity contribution in [3.05, 3.63) is 136 Å². The zero-order valence-corrected chi connectivity index (χ0v) is 49.6. The lowest BCUT2D eigenvalue weighted by Gasteiger charge is -2.35. The third kappa shape index (κ3) is 16.4. The summed E-state index contributed by atoms with van der Waals surface area (Å²) in [6.07, 6.45) is 27.3. The molecule has 3 fully saturated rings. The number of nitrogens with one attached hydrogen (secondary N) is 4. The molecule has 7 N–H and O–H groups in total. The van der Waals surface area contributed by atoms with Gasteiger partial charge in [0.2, 0.25) is 11.8 Å². The summed E-state index contributed by atoms with van der Waals surface area (Å²) in [5, 5.41) is 22.9.